The summed E-state index contributed by atoms with van der Waals surface area (Å²) in [5.41, 5.74) is 0.903. The summed E-state index contributed by atoms with van der Waals surface area (Å²) in [6.45, 7) is 2.31. The van der Waals surface area contributed by atoms with Gasteiger partial charge in [0.15, 0.2) is 23.1 Å². The molecule has 1 aromatic heterocycles. The first kappa shape index (κ1) is 13.0. The molecule has 0 saturated carbocycles. The van der Waals surface area contributed by atoms with Crippen molar-refractivity contribution in [2.45, 2.75) is 18.5 Å². The topological polar surface area (TPSA) is 71.5 Å². The average Bonchev–Trinajstić information content (AvgIpc) is 3.03. The van der Waals surface area contributed by atoms with Gasteiger partial charge in [0.05, 0.1) is 0 Å². The van der Waals surface area contributed by atoms with Crippen molar-refractivity contribution in [3.8, 4) is 11.5 Å². The number of aromatic nitrogens is 2. The standard InChI is InChI=1S/C16H17N5O2/c1-2-13-14(23-9-22-13)6-10(1)18-15-3-4-16(20-19-15)21-7-11-5-12(8-21)17-11/h1-4,6,11-12,17H,5,7-9H2,(H,18,19). The molecule has 0 radical (unpaired) electrons. The Balaban J connectivity index is 1.30. The van der Waals surface area contributed by atoms with Gasteiger partial charge >= 0.3 is 0 Å². The molecule has 2 bridgehead atoms. The maximum absolute atomic E-state index is 5.38. The number of piperidine rings is 1. The molecule has 0 amide bonds. The number of benzene rings is 1. The zero-order chi connectivity index (χ0) is 15.2. The van der Waals surface area contributed by atoms with E-state index in [1.165, 1.54) is 6.42 Å². The summed E-state index contributed by atoms with van der Waals surface area (Å²) in [7, 11) is 0. The van der Waals surface area contributed by atoms with E-state index in [1.54, 1.807) is 0 Å². The number of anilines is 3. The zero-order valence-electron chi connectivity index (χ0n) is 12.5. The van der Waals surface area contributed by atoms with Gasteiger partial charge in [0.1, 0.15) is 0 Å². The van der Waals surface area contributed by atoms with Gasteiger partial charge in [-0.15, -0.1) is 10.2 Å². The maximum atomic E-state index is 5.38. The summed E-state index contributed by atoms with van der Waals surface area (Å²) in [6.07, 6.45) is 1.29. The molecule has 2 N–H and O–H groups in total. The van der Waals surface area contributed by atoms with Gasteiger partial charge in [-0.2, -0.15) is 0 Å². The molecule has 0 aliphatic carbocycles. The number of hydrogen-bond donors (Lipinski definition) is 2. The van der Waals surface area contributed by atoms with E-state index in [0.717, 1.165) is 36.1 Å². The van der Waals surface area contributed by atoms with Crippen LogP contribution in [0.15, 0.2) is 30.3 Å². The predicted octanol–water partition coefficient (Wildman–Crippen LogP) is 1.50. The fraction of sp³-hybridized carbons (Fsp3) is 0.375. The number of nitrogens with zero attached hydrogens (tertiary/aromatic N) is 3. The highest BCUT2D eigenvalue weighted by Crippen LogP contribution is 2.35. The van der Waals surface area contributed by atoms with Crippen LogP contribution in [0.2, 0.25) is 0 Å². The highest BCUT2D eigenvalue weighted by atomic mass is 16.7. The van der Waals surface area contributed by atoms with Crippen LogP contribution >= 0.6 is 0 Å². The van der Waals surface area contributed by atoms with E-state index in [9.17, 15) is 0 Å². The van der Waals surface area contributed by atoms with E-state index < -0.39 is 0 Å². The lowest BCUT2D eigenvalue weighted by molar-refractivity contribution is 0.174. The molecule has 5 heterocycles. The minimum Gasteiger partial charge on any atom is -0.454 e. The minimum absolute atomic E-state index is 0.278. The van der Waals surface area contributed by atoms with Crippen molar-refractivity contribution in [2.75, 3.05) is 30.1 Å². The Morgan fingerprint density at radius 1 is 1.04 bits per heavy atom. The molecule has 3 fully saturated rings. The molecule has 1 aromatic carbocycles. The van der Waals surface area contributed by atoms with Crippen molar-refractivity contribution in [2.24, 2.45) is 0 Å². The Kier molecular flexibility index (Phi) is 2.81. The van der Waals surface area contributed by atoms with Crippen molar-refractivity contribution in [1.29, 1.82) is 0 Å². The molecule has 2 aromatic rings. The fourth-order valence-corrected chi connectivity index (χ4v) is 3.38. The summed E-state index contributed by atoms with van der Waals surface area (Å²) in [6, 6.07) is 10.9. The van der Waals surface area contributed by atoms with Crippen LogP contribution in [0.4, 0.5) is 17.3 Å². The number of fused-ring (bicyclic) bond motifs is 3. The van der Waals surface area contributed by atoms with Crippen molar-refractivity contribution < 1.29 is 9.47 Å². The molecule has 7 nitrogen and oxygen atoms in total. The second-order valence-electron chi connectivity index (χ2n) is 6.17. The van der Waals surface area contributed by atoms with Crippen LogP contribution in [0.5, 0.6) is 11.5 Å². The monoisotopic (exact) mass is 311 g/mol. The molecule has 23 heavy (non-hydrogen) atoms. The molecule has 4 aliphatic rings. The van der Waals surface area contributed by atoms with E-state index in [0.29, 0.717) is 17.9 Å². The number of piperazine rings is 1. The first-order chi connectivity index (χ1) is 11.3. The average molecular weight is 311 g/mol. The van der Waals surface area contributed by atoms with Gasteiger partial charge in [-0.05, 0) is 30.7 Å². The van der Waals surface area contributed by atoms with E-state index >= 15 is 0 Å². The van der Waals surface area contributed by atoms with Gasteiger partial charge in [-0.25, -0.2) is 0 Å². The van der Waals surface area contributed by atoms with Gasteiger partial charge in [-0.3, -0.25) is 0 Å². The third-order valence-corrected chi connectivity index (χ3v) is 4.54. The smallest absolute Gasteiger partial charge is 0.231 e. The second kappa shape index (κ2) is 4.99. The van der Waals surface area contributed by atoms with E-state index in [1.807, 2.05) is 30.3 Å². The number of nitrogens with one attached hydrogen (secondary N) is 2. The lowest BCUT2D eigenvalue weighted by Gasteiger charge is -2.48. The molecule has 3 saturated heterocycles. The molecule has 118 valence electrons. The maximum Gasteiger partial charge on any atom is 0.231 e. The number of hydrogen-bond acceptors (Lipinski definition) is 7. The summed E-state index contributed by atoms with van der Waals surface area (Å²) in [5.74, 6) is 3.18. The van der Waals surface area contributed by atoms with Crippen LogP contribution in [0, 0.1) is 0 Å². The lowest BCUT2D eigenvalue weighted by Crippen LogP contribution is -2.67. The van der Waals surface area contributed by atoms with Gasteiger partial charge < -0.3 is 25.0 Å². The highest BCUT2D eigenvalue weighted by Gasteiger charge is 2.36. The van der Waals surface area contributed by atoms with E-state index in [-0.39, 0.29) is 6.79 Å². The Morgan fingerprint density at radius 2 is 1.87 bits per heavy atom. The molecule has 2 atom stereocenters. The Labute approximate surface area is 133 Å². The quantitative estimate of drug-likeness (QED) is 0.890. The Hall–Kier alpha value is -2.54. The van der Waals surface area contributed by atoms with E-state index in [4.69, 9.17) is 9.47 Å². The summed E-state index contributed by atoms with van der Waals surface area (Å²) in [5, 5.41) is 15.4. The predicted molar refractivity (Wildman–Crippen MR) is 85.4 cm³/mol. The molecular weight excluding hydrogens is 294 g/mol. The van der Waals surface area contributed by atoms with Crippen molar-refractivity contribution in [3.63, 3.8) is 0 Å². The Morgan fingerprint density at radius 3 is 2.65 bits per heavy atom. The first-order valence-electron chi connectivity index (χ1n) is 7.85. The van der Waals surface area contributed by atoms with E-state index in [2.05, 4.69) is 25.7 Å². The van der Waals surface area contributed by atoms with Gasteiger partial charge in [0, 0.05) is 36.9 Å². The van der Waals surface area contributed by atoms with Crippen molar-refractivity contribution >= 4 is 17.3 Å². The van der Waals surface area contributed by atoms with Gasteiger partial charge in [0.25, 0.3) is 0 Å². The highest BCUT2D eigenvalue weighted by molar-refractivity contribution is 5.62. The zero-order valence-corrected chi connectivity index (χ0v) is 12.5. The first-order valence-corrected chi connectivity index (χ1v) is 7.85. The normalized spacial score (nSPS) is 24.3. The van der Waals surface area contributed by atoms with Crippen LogP contribution in [-0.4, -0.2) is 42.2 Å². The largest absolute Gasteiger partial charge is 0.454 e. The van der Waals surface area contributed by atoms with Crippen LogP contribution in [0.25, 0.3) is 0 Å². The van der Waals surface area contributed by atoms with Crippen molar-refractivity contribution in [3.05, 3.63) is 30.3 Å². The Bertz CT molecular complexity index is 720. The number of ether oxygens (including phenoxy) is 2. The summed E-state index contributed by atoms with van der Waals surface area (Å²) < 4.78 is 10.7. The van der Waals surface area contributed by atoms with Crippen LogP contribution < -0.4 is 25.0 Å². The minimum atomic E-state index is 0.278. The SMILES string of the molecule is c1cc2c(cc1Nc1ccc(N3CC4CC(C3)N4)nn1)OCO2. The van der Waals surface area contributed by atoms with Gasteiger partial charge in [-0.1, -0.05) is 0 Å². The van der Waals surface area contributed by atoms with Crippen LogP contribution in [0.3, 0.4) is 0 Å². The number of rotatable bonds is 3. The van der Waals surface area contributed by atoms with Gasteiger partial charge in [0.2, 0.25) is 6.79 Å². The van der Waals surface area contributed by atoms with Crippen molar-refractivity contribution in [1.82, 2.24) is 15.5 Å². The lowest BCUT2D eigenvalue weighted by atomic mass is 9.91. The van der Waals surface area contributed by atoms with Crippen LogP contribution in [-0.2, 0) is 0 Å². The second-order valence-corrected chi connectivity index (χ2v) is 6.17. The third kappa shape index (κ3) is 2.33. The molecular formula is C16H17N5O2. The molecule has 6 rings (SSSR count). The third-order valence-electron chi connectivity index (χ3n) is 4.54. The summed E-state index contributed by atoms with van der Waals surface area (Å²) >= 11 is 0. The summed E-state index contributed by atoms with van der Waals surface area (Å²) in [4.78, 5) is 2.30. The van der Waals surface area contributed by atoms with Crippen LogP contribution in [0.1, 0.15) is 6.42 Å². The molecule has 7 heteroatoms. The molecule has 4 aliphatic heterocycles. The molecule has 0 spiro atoms. The fourth-order valence-electron chi connectivity index (χ4n) is 3.38. The molecule has 2 unspecified atom stereocenters.